The van der Waals surface area contributed by atoms with Crippen LogP contribution in [0.2, 0.25) is 0 Å². The predicted octanol–water partition coefficient (Wildman–Crippen LogP) is 3.66. The number of hydrogen-bond donors (Lipinski definition) is 0. The van der Waals surface area contributed by atoms with Crippen LogP contribution < -0.4 is 4.74 Å². The molecule has 0 fully saturated rings. The van der Waals surface area contributed by atoms with Crippen LogP contribution in [0.15, 0.2) is 12.1 Å². The Morgan fingerprint density at radius 2 is 1.94 bits per heavy atom. The smallest absolute Gasteiger partial charge is 0.338 e. The Bertz CT molecular complexity index is 424. The van der Waals surface area contributed by atoms with Gasteiger partial charge >= 0.3 is 5.97 Å². The van der Waals surface area contributed by atoms with Gasteiger partial charge in [0.25, 0.3) is 0 Å². The molecule has 0 amide bonds. The lowest BCUT2D eigenvalue weighted by molar-refractivity contribution is 0.0599. The number of rotatable bonds is 5. The normalized spacial score (nSPS) is 12.1. The van der Waals surface area contributed by atoms with Crippen molar-refractivity contribution in [3.05, 3.63) is 28.8 Å². The molecule has 0 bridgehead atoms. The van der Waals surface area contributed by atoms with Crippen LogP contribution in [0.1, 0.15) is 48.2 Å². The van der Waals surface area contributed by atoms with Gasteiger partial charge in [-0.25, -0.2) is 4.79 Å². The van der Waals surface area contributed by atoms with Crippen molar-refractivity contribution in [3.8, 4) is 5.75 Å². The van der Waals surface area contributed by atoms with E-state index in [2.05, 4.69) is 13.8 Å². The van der Waals surface area contributed by atoms with Crippen molar-refractivity contribution < 1.29 is 14.3 Å². The standard InChI is InChI=1S/C15H22O3/c1-6-7-10(2)18-14-9-8-13(15(16)17-5)11(3)12(14)4/h8-10H,6-7H2,1-5H3. The molecule has 0 saturated heterocycles. The van der Waals surface area contributed by atoms with E-state index < -0.39 is 0 Å². The number of hydrogen-bond acceptors (Lipinski definition) is 3. The van der Waals surface area contributed by atoms with E-state index in [9.17, 15) is 4.79 Å². The minimum atomic E-state index is -0.302. The van der Waals surface area contributed by atoms with Gasteiger partial charge in [0.2, 0.25) is 0 Å². The average Bonchev–Trinajstić information content (AvgIpc) is 2.34. The third-order valence-corrected chi connectivity index (χ3v) is 3.17. The third kappa shape index (κ3) is 3.25. The van der Waals surface area contributed by atoms with E-state index in [1.807, 2.05) is 19.9 Å². The minimum Gasteiger partial charge on any atom is -0.490 e. The van der Waals surface area contributed by atoms with E-state index in [-0.39, 0.29) is 12.1 Å². The number of carbonyl (C=O) groups is 1. The summed E-state index contributed by atoms with van der Waals surface area (Å²) < 4.78 is 10.6. The second-order valence-corrected chi connectivity index (χ2v) is 4.57. The van der Waals surface area contributed by atoms with Crippen molar-refractivity contribution in [1.82, 2.24) is 0 Å². The van der Waals surface area contributed by atoms with Crippen molar-refractivity contribution in [2.75, 3.05) is 7.11 Å². The maximum absolute atomic E-state index is 11.6. The predicted molar refractivity (Wildman–Crippen MR) is 72.3 cm³/mol. The van der Waals surface area contributed by atoms with E-state index in [1.165, 1.54) is 7.11 Å². The van der Waals surface area contributed by atoms with Crippen LogP contribution in [0.3, 0.4) is 0 Å². The molecule has 1 atom stereocenters. The number of carbonyl (C=O) groups excluding carboxylic acids is 1. The summed E-state index contributed by atoms with van der Waals surface area (Å²) in [5.74, 6) is 0.546. The van der Waals surface area contributed by atoms with Gasteiger partial charge in [-0.15, -0.1) is 0 Å². The van der Waals surface area contributed by atoms with Crippen LogP contribution in [0.5, 0.6) is 5.75 Å². The summed E-state index contributed by atoms with van der Waals surface area (Å²) in [6.07, 6.45) is 2.31. The Labute approximate surface area is 109 Å². The van der Waals surface area contributed by atoms with Crippen LogP contribution >= 0.6 is 0 Å². The fourth-order valence-electron chi connectivity index (χ4n) is 1.94. The molecule has 0 radical (unpaired) electrons. The second kappa shape index (κ2) is 6.43. The Kier molecular flexibility index (Phi) is 5.20. The number of benzene rings is 1. The summed E-state index contributed by atoms with van der Waals surface area (Å²) in [5, 5.41) is 0. The fraction of sp³-hybridized carbons (Fsp3) is 0.533. The van der Waals surface area contributed by atoms with Gasteiger partial charge < -0.3 is 9.47 Å². The topological polar surface area (TPSA) is 35.5 Å². The zero-order chi connectivity index (χ0) is 13.7. The molecule has 0 aliphatic rings. The van der Waals surface area contributed by atoms with Gasteiger partial charge in [0.05, 0.1) is 18.8 Å². The summed E-state index contributed by atoms with van der Waals surface area (Å²) in [5.41, 5.74) is 2.52. The van der Waals surface area contributed by atoms with Crippen LogP contribution in [0.4, 0.5) is 0 Å². The summed E-state index contributed by atoms with van der Waals surface area (Å²) in [6, 6.07) is 3.61. The molecule has 3 heteroatoms. The molecule has 1 unspecified atom stereocenters. The van der Waals surface area contributed by atoms with E-state index in [4.69, 9.17) is 9.47 Å². The lowest BCUT2D eigenvalue weighted by atomic mass is 10.0. The van der Waals surface area contributed by atoms with Gasteiger partial charge in [0.1, 0.15) is 5.75 Å². The first-order valence-electron chi connectivity index (χ1n) is 6.36. The van der Waals surface area contributed by atoms with Gasteiger partial charge in [0, 0.05) is 0 Å². The van der Waals surface area contributed by atoms with Crippen LogP contribution in [-0.4, -0.2) is 19.2 Å². The maximum Gasteiger partial charge on any atom is 0.338 e. The molecule has 1 aromatic carbocycles. The highest BCUT2D eigenvalue weighted by molar-refractivity contribution is 5.91. The Balaban J connectivity index is 2.97. The van der Waals surface area contributed by atoms with E-state index in [1.54, 1.807) is 6.07 Å². The zero-order valence-corrected chi connectivity index (χ0v) is 11.9. The van der Waals surface area contributed by atoms with Crippen molar-refractivity contribution in [3.63, 3.8) is 0 Å². The molecule has 3 nitrogen and oxygen atoms in total. The zero-order valence-electron chi connectivity index (χ0n) is 11.9. The highest BCUT2D eigenvalue weighted by Gasteiger charge is 2.14. The molecular weight excluding hydrogens is 228 g/mol. The van der Waals surface area contributed by atoms with Crippen molar-refractivity contribution in [2.45, 2.75) is 46.6 Å². The molecular formula is C15H22O3. The minimum absolute atomic E-state index is 0.192. The lowest BCUT2D eigenvalue weighted by Gasteiger charge is -2.18. The molecule has 1 rings (SSSR count). The average molecular weight is 250 g/mol. The maximum atomic E-state index is 11.6. The van der Waals surface area contributed by atoms with Gasteiger partial charge in [-0.1, -0.05) is 13.3 Å². The molecule has 1 aromatic rings. The highest BCUT2D eigenvalue weighted by atomic mass is 16.5. The van der Waals surface area contributed by atoms with Crippen molar-refractivity contribution in [1.29, 1.82) is 0 Å². The van der Waals surface area contributed by atoms with E-state index in [0.717, 1.165) is 29.7 Å². The highest BCUT2D eigenvalue weighted by Crippen LogP contribution is 2.26. The number of esters is 1. The first kappa shape index (κ1) is 14.6. The summed E-state index contributed by atoms with van der Waals surface area (Å²) in [6.45, 7) is 8.08. The van der Waals surface area contributed by atoms with E-state index >= 15 is 0 Å². The summed E-state index contributed by atoms with van der Waals surface area (Å²) >= 11 is 0. The monoisotopic (exact) mass is 250 g/mol. The summed E-state index contributed by atoms with van der Waals surface area (Å²) in [4.78, 5) is 11.6. The van der Waals surface area contributed by atoms with E-state index in [0.29, 0.717) is 5.56 Å². The third-order valence-electron chi connectivity index (χ3n) is 3.17. The van der Waals surface area contributed by atoms with Crippen molar-refractivity contribution >= 4 is 5.97 Å². The largest absolute Gasteiger partial charge is 0.490 e. The number of methoxy groups -OCH3 is 1. The lowest BCUT2D eigenvalue weighted by Crippen LogP contribution is -2.13. The molecule has 100 valence electrons. The first-order chi connectivity index (χ1) is 8.51. The summed E-state index contributed by atoms with van der Waals surface area (Å²) in [7, 11) is 1.39. The SMILES string of the molecule is CCCC(C)Oc1ccc(C(=O)OC)c(C)c1C. The fourth-order valence-corrected chi connectivity index (χ4v) is 1.94. The molecule has 18 heavy (non-hydrogen) atoms. The van der Waals surface area contributed by atoms with Gasteiger partial charge in [-0.3, -0.25) is 0 Å². The molecule has 0 aliphatic carbocycles. The molecule has 0 heterocycles. The van der Waals surface area contributed by atoms with Crippen LogP contribution in [-0.2, 0) is 4.74 Å². The second-order valence-electron chi connectivity index (χ2n) is 4.57. The molecule has 0 aliphatic heterocycles. The Morgan fingerprint density at radius 3 is 2.50 bits per heavy atom. The first-order valence-corrected chi connectivity index (χ1v) is 6.36. The molecule has 0 aromatic heterocycles. The number of ether oxygens (including phenoxy) is 2. The van der Waals surface area contributed by atoms with Gasteiger partial charge in [-0.2, -0.15) is 0 Å². The molecule has 0 spiro atoms. The van der Waals surface area contributed by atoms with Gasteiger partial charge in [-0.05, 0) is 50.5 Å². The van der Waals surface area contributed by atoms with Crippen molar-refractivity contribution in [2.24, 2.45) is 0 Å². The molecule has 0 saturated carbocycles. The Morgan fingerprint density at radius 1 is 1.28 bits per heavy atom. The molecule has 0 N–H and O–H groups in total. The van der Waals surface area contributed by atoms with Gasteiger partial charge in [0.15, 0.2) is 0 Å². The quantitative estimate of drug-likeness (QED) is 0.748. The Hall–Kier alpha value is -1.51. The van der Waals surface area contributed by atoms with Crippen LogP contribution in [0, 0.1) is 13.8 Å². The van der Waals surface area contributed by atoms with Crippen LogP contribution in [0.25, 0.3) is 0 Å².